The summed E-state index contributed by atoms with van der Waals surface area (Å²) in [6.45, 7) is 4.79. The van der Waals surface area contributed by atoms with E-state index in [-0.39, 0.29) is 0 Å². The Morgan fingerprint density at radius 3 is 3.00 bits per heavy atom. The van der Waals surface area contributed by atoms with Crippen LogP contribution in [0.25, 0.3) is 0 Å². The third kappa shape index (κ3) is 2.75. The molecule has 0 radical (unpaired) electrons. The Kier molecular flexibility index (Phi) is 3.43. The van der Waals surface area contributed by atoms with Crippen LogP contribution < -0.4 is 10.6 Å². The number of aromatic nitrogens is 1. The Bertz CT molecular complexity index is 269. The van der Waals surface area contributed by atoms with Gasteiger partial charge < -0.3 is 10.6 Å². The SMILES string of the molecule is CCNC(=S)Nc1nc(C)cs1. The van der Waals surface area contributed by atoms with Crippen molar-refractivity contribution in [2.24, 2.45) is 0 Å². The maximum absolute atomic E-state index is 4.99. The minimum absolute atomic E-state index is 0.631. The maximum Gasteiger partial charge on any atom is 0.189 e. The van der Waals surface area contributed by atoms with Gasteiger partial charge in [0.05, 0.1) is 5.69 Å². The second-order valence-corrected chi connectivity index (χ2v) is 3.54. The Morgan fingerprint density at radius 2 is 2.50 bits per heavy atom. The lowest BCUT2D eigenvalue weighted by atomic mass is 10.6. The molecule has 2 N–H and O–H groups in total. The van der Waals surface area contributed by atoms with Crippen LogP contribution in [0.3, 0.4) is 0 Å². The molecule has 1 aromatic rings. The van der Waals surface area contributed by atoms with Crippen LogP contribution in [0.15, 0.2) is 5.38 Å². The number of nitrogens with one attached hydrogen (secondary N) is 2. The van der Waals surface area contributed by atoms with E-state index in [1.54, 1.807) is 11.3 Å². The van der Waals surface area contributed by atoms with E-state index >= 15 is 0 Å². The molecule has 0 amide bonds. The summed E-state index contributed by atoms with van der Waals surface area (Å²) in [6.07, 6.45) is 0. The number of anilines is 1. The average Bonchev–Trinajstić information content (AvgIpc) is 2.36. The van der Waals surface area contributed by atoms with E-state index in [1.165, 1.54) is 0 Å². The van der Waals surface area contributed by atoms with Gasteiger partial charge in [0.2, 0.25) is 0 Å². The molecule has 0 saturated heterocycles. The van der Waals surface area contributed by atoms with Crippen LogP contribution in [0, 0.1) is 6.92 Å². The third-order valence-corrected chi connectivity index (χ3v) is 2.30. The van der Waals surface area contributed by atoms with Crippen molar-refractivity contribution in [2.45, 2.75) is 13.8 Å². The number of nitrogens with zero attached hydrogens (tertiary/aromatic N) is 1. The quantitative estimate of drug-likeness (QED) is 0.715. The molecule has 12 heavy (non-hydrogen) atoms. The van der Waals surface area contributed by atoms with Gasteiger partial charge in [-0.15, -0.1) is 11.3 Å². The molecule has 1 rings (SSSR count). The molecule has 5 heteroatoms. The van der Waals surface area contributed by atoms with Gasteiger partial charge in [-0.25, -0.2) is 4.98 Å². The van der Waals surface area contributed by atoms with Crippen molar-refractivity contribution in [1.29, 1.82) is 0 Å². The summed E-state index contributed by atoms with van der Waals surface area (Å²) >= 11 is 6.54. The van der Waals surface area contributed by atoms with Crippen LogP contribution >= 0.6 is 23.6 Å². The van der Waals surface area contributed by atoms with E-state index in [0.717, 1.165) is 17.4 Å². The van der Waals surface area contributed by atoms with E-state index < -0.39 is 0 Å². The van der Waals surface area contributed by atoms with Crippen molar-refractivity contribution in [3.63, 3.8) is 0 Å². The predicted molar refractivity (Wildman–Crippen MR) is 56.7 cm³/mol. The number of aryl methyl sites for hydroxylation is 1. The van der Waals surface area contributed by atoms with Crippen LogP contribution in [-0.4, -0.2) is 16.6 Å². The van der Waals surface area contributed by atoms with E-state index in [9.17, 15) is 0 Å². The standard InChI is InChI=1S/C7H11N3S2/c1-3-8-6(11)10-7-9-5(2)4-12-7/h4H,3H2,1-2H3,(H2,8,9,10,11). The summed E-state index contributed by atoms with van der Waals surface area (Å²) in [5.41, 5.74) is 1.02. The van der Waals surface area contributed by atoms with Gasteiger partial charge >= 0.3 is 0 Å². The third-order valence-electron chi connectivity index (χ3n) is 1.18. The fourth-order valence-corrected chi connectivity index (χ4v) is 1.71. The molecule has 0 unspecified atom stereocenters. The summed E-state index contributed by atoms with van der Waals surface area (Å²) in [5, 5.41) is 9.44. The molecule has 1 heterocycles. The monoisotopic (exact) mass is 201 g/mol. The molecular weight excluding hydrogens is 190 g/mol. The first-order valence-electron chi connectivity index (χ1n) is 3.69. The van der Waals surface area contributed by atoms with E-state index in [2.05, 4.69) is 15.6 Å². The smallest absolute Gasteiger partial charge is 0.189 e. The van der Waals surface area contributed by atoms with Gasteiger partial charge in [-0.2, -0.15) is 0 Å². The van der Waals surface area contributed by atoms with Crippen LogP contribution in [0.4, 0.5) is 5.13 Å². The van der Waals surface area contributed by atoms with Crippen LogP contribution in [0.1, 0.15) is 12.6 Å². The minimum Gasteiger partial charge on any atom is -0.363 e. The Balaban J connectivity index is 2.46. The molecular formula is C7H11N3S2. The molecule has 66 valence electrons. The van der Waals surface area contributed by atoms with Gasteiger partial charge in [0.25, 0.3) is 0 Å². The molecule has 0 spiro atoms. The molecule has 0 bridgehead atoms. The summed E-state index contributed by atoms with van der Waals surface area (Å²) < 4.78 is 0. The molecule has 1 aromatic heterocycles. The Labute approximate surface area is 81.2 Å². The lowest BCUT2D eigenvalue weighted by Gasteiger charge is -2.04. The maximum atomic E-state index is 4.99. The molecule has 0 saturated carbocycles. The highest BCUT2D eigenvalue weighted by atomic mass is 32.1. The van der Waals surface area contributed by atoms with Crippen LogP contribution in [0.5, 0.6) is 0 Å². The highest BCUT2D eigenvalue weighted by molar-refractivity contribution is 7.80. The Morgan fingerprint density at radius 1 is 1.75 bits per heavy atom. The Hall–Kier alpha value is -0.680. The van der Waals surface area contributed by atoms with E-state index in [0.29, 0.717) is 5.11 Å². The first kappa shape index (κ1) is 9.41. The lowest BCUT2D eigenvalue weighted by Crippen LogP contribution is -2.27. The van der Waals surface area contributed by atoms with Crippen molar-refractivity contribution in [3.8, 4) is 0 Å². The van der Waals surface area contributed by atoms with Crippen molar-refractivity contribution < 1.29 is 0 Å². The molecule has 0 aliphatic rings. The van der Waals surface area contributed by atoms with Gasteiger partial charge in [0.15, 0.2) is 10.2 Å². The zero-order valence-electron chi connectivity index (χ0n) is 7.05. The summed E-state index contributed by atoms with van der Waals surface area (Å²) in [7, 11) is 0. The zero-order valence-corrected chi connectivity index (χ0v) is 8.68. The second-order valence-electron chi connectivity index (χ2n) is 2.28. The number of hydrogen-bond acceptors (Lipinski definition) is 3. The highest BCUT2D eigenvalue weighted by Gasteiger charge is 1.98. The summed E-state index contributed by atoms with van der Waals surface area (Å²) in [5.74, 6) is 0. The number of rotatable bonds is 2. The van der Waals surface area contributed by atoms with Crippen molar-refractivity contribution in [2.75, 3.05) is 11.9 Å². The number of hydrogen-bond donors (Lipinski definition) is 2. The largest absolute Gasteiger partial charge is 0.363 e. The highest BCUT2D eigenvalue weighted by Crippen LogP contribution is 2.13. The van der Waals surface area contributed by atoms with Gasteiger partial charge in [-0.1, -0.05) is 0 Å². The molecule has 0 atom stereocenters. The van der Waals surface area contributed by atoms with E-state index in [4.69, 9.17) is 12.2 Å². The molecule has 0 fully saturated rings. The number of thiazole rings is 1. The van der Waals surface area contributed by atoms with Crippen LogP contribution in [0.2, 0.25) is 0 Å². The van der Waals surface area contributed by atoms with Crippen LogP contribution in [-0.2, 0) is 0 Å². The molecule has 0 aliphatic heterocycles. The first-order valence-corrected chi connectivity index (χ1v) is 4.98. The summed E-state index contributed by atoms with van der Waals surface area (Å²) in [4.78, 5) is 4.21. The molecule has 3 nitrogen and oxygen atoms in total. The zero-order chi connectivity index (χ0) is 8.97. The number of thiocarbonyl (C=S) groups is 1. The topological polar surface area (TPSA) is 37.0 Å². The van der Waals surface area contributed by atoms with Crippen molar-refractivity contribution in [1.82, 2.24) is 10.3 Å². The van der Waals surface area contributed by atoms with Gasteiger partial charge in [0, 0.05) is 11.9 Å². The fraction of sp³-hybridized carbons (Fsp3) is 0.429. The lowest BCUT2D eigenvalue weighted by molar-refractivity contribution is 0.979. The first-order chi connectivity index (χ1) is 5.72. The second kappa shape index (κ2) is 4.37. The van der Waals surface area contributed by atoms with Gasteiger partial charge in [-0.3, -0.25) is 0 Å². The predicted octanol–water partition coefficient (Wildman–Crippen LogP) is 1.76. The van der Waals surface area contributed by atoms with Gasteiger partial charge in [-0.05, 0) is 26.1 Å². The summed E-state index contributed by atoms with van der Waals surface area (Å²) in [6, 6.07) is 0. The average molecular weight is 201 g/mol. The normalized spacial score (nSPS) is 9.50. The minimum atomic E-state index is 0.631. The van der Waals surface area contributed by atoms with Crippen molar-refractivity contribution >= 4 is 33.8 Å². The van der Waals surface area contributed by atoms with Gasteiger partial charge in [0.1, 0.15) is 0 Å². The fourth-order valence-electron chi connectivity index (χ4n) is 0.713. The molecule has 0 aliphatic carbocycles. The van der Waals surface area contributed by atoms with Crippen molar-refractivity contribution in [3.05, 3.63) is 11.1 Å². The molecule has 0 aromatic carbocycles. The van der Waals surface area contributed by atoms with E-state index in [1.807, 2.05) is 19.2 Å².